The van der Waals surface area contributed by atoms with Crippen molar-refractivity contribution in [3.63, 3.8) is 0 Å². The Hall–Kier alpha value is -2.27. The SMILES string of the molecule is CCCCNNC(=O)c1ccc(-c2cccc(F)c2F)cc1. The number of carbonyl (C=O) groups excluding carboxylic acids is 1. The average Bonchev–Trinajstić information content (AvgIpc) is 2.54. The molecule has 0 atom stereocenters. The number of rotatable bonds is 6. The van der Waals surface area contributed by atoms with Crippen LogP contribution in [0.15, 0.2) is 42.5 Å². The largest absolute Gasteiger partial charge is 0.287 e. The van der Waals surface area contributed by atoms with E-state index in [1.165, 1.54) is 12.1 Å². The fourth-order valence-electron chi connectivity index (χ4n) is 2.01. The Labute approximate surface area is 128 Å². The number of nitrogens with one attached hydrogen (secondary N) is 2. The van der Waals surface area contributed by atoms with Crippen LogP contribution in [0.4, 0.5) is 8.78 Å². The minimum Gasteiger partial charge on any atom is -0.287 e. The van der Waals surface area contributed by atoms with Crippen molar-refractivity contribution in [1.82, 2.24) is 10.9 Å². The minimum atomic E-state index is -0.889. The van der Waals surface area contributed by atoms with E-state index < -0.39 is 11.6 Å². The summed E-state index contributed by atoms with van der Waals surface area (Å²) in [6, 6.07) is 10.4. The van der Waals surface area contributed by atoms with E-state index in [0.29, 0.717) is 17.7 Å². The van der Waals surface area contributed by atoms with Gasteiger partial charge in [0, 0.05) is 17.7 Å². The molecule has 22 heavy (non-hydrogen) atoms. The zero-order chi connectivity index (χ0) is 15.9. The molecule has 0 spiro atoms. The van der Waals surface area contributed by atoms with E-state index in [9.17, 15) is 13.6 Å². The Morgan fingerprint density at radius 2 is 1.82 bits per heavy atom. The minimum absolute atomic E-state index is 0.174. The van der Waals surface area contributed by atoms with Crippen molar-refractivity contribution in [3.8, 4) is 11.1 Å². The maximum atomic E-state index is 13.7. The van der Waals surface area contributed by atoms with E-state index in [0.717, 1.165) is 18.9 Å². The van der Waals surface area contributed by atoms with Gasteiger partial charge in [-0.05, 0) is 30.2 Å². The van der Waals surface area contributed by atoms with E-state index in [1.54, 1.807) is 24.3 Å². The van der Waals surface area contributed by atoms with Gasteiger partial charge in [-0.3, -0.25) is 10.2 Å². The van der Waals surface area contributed by atoms with Gasteiger partial charge in [0.25, 0.3) is 5.91 Å². The summed E-state index contributed by atoms with van der Waals surface area (Å²) in [6.45, 7) is 2.77. The number of carbonyl (C=O) groups is 1. The molecule has 0 bridgehead atoms. The number of benzene rings is 2. The van der Waals surface area contributed by atoms with Gasteiger partial charge >= 0.3 is 0 Å². The molecule has 0 fully saturated rings. The molecule has 0 radical (unpaired) electrons. The summed E-state index contributed by atoms with van der Waals surface area (Å²) in [6.07, 6.45) is 2.01. The highest BCUT2D eigenvalue weighted by Crippen LogP contribution is 2.24. The number of hydrazine groups is 1. The van der Waals surface area contributed by atoms with Gasteiger partial charge in [-0.15, -0.1) is 0 Å². The standard InChI is InChI=1S/C17H18F2N2O/c1-2-3-11-20-21-17(22)13-9-7-12(8-10-13)14-5-4-6-15(18)16(14)19/h4-10,20H,2-3,11H2,1H3,(H,21,22). The molecule has 2 rings (SSSR count). The van der Waals surface area contributed by atoms with Gasteiger partial charge < -0.3 is 0 Å². The fraction of sp³-hybridized carbons (Fsp3) is 0.235. The molecule has 0 saturated carbocycles. The zero-order valence-electron chi connectivity index (χ0n) is 12.3. The molecule has 2 aromatic rings. The molecule has 0 aliphatic rings. The van der Waals surface area contributed by atoms with Crippen LogP contribution in [-0.4, -0.2) is 12.5 Å². The molecule has 0 aromatic heterocycles. The van der Waals surface area contributed by atoms with Crippen LogP contribution in [0.1, 0.15) is 30.1 Å². The van der Waals surface area contributed by atoms with Crippen LogP contribution in [0.2, 0.25) is 0 Å². The number of hydrogen-bond donors (Lipinski definition) is 2. The van der Waals surface area contributed by atoms with Crippen molar-refractivity contribution < 1.29 is 13.6 Å². The van der Waals surface area contributed by atoms with Crippen LogP contribution in [0, 0.1) is 11.6 Å². The van der Waals surface area contributed by atoms with E-state index in [1.807, 2.05) is 0 Å². The number of hydrogen-bond acceptors (Lipinski definition) is 2. The number of halogens is 2. The lowest BCUT2D eigenvalue weighted by Crippen LogP contribution is -2.37. The summed E-state index contributed by atoms with van der Waals surface area (Å²) in [5, 5.41) is 0. The quantitative estimate of drug-likeness (QED) is 0.631. The second-order valence-electron chi connectivity index (χ2n) is 4.91. The molecule has 0 heterocycles. The Morgan fingerprint density at radius 3 is 2.50 bits per heavy atom. The van der Waals surface area contributed by atoms with E-state index in [2.05, 4.69) is 17.8 Å². The Balaban J connectivity index is 2.07. The van der Waals surface area contributed by atoms with Crippen molar-refractivity contribution >= 4 is 5.91 Å². The van der Waals surface area contributed by atoms with Crippen molar-refractivity contribution in [2.75, 3.05) is 6.54 Å². The maximum absolute atomic E-state index is 13.7. The van der Waals surface area contributed by atoms with Crippen molar-refractivity contribution in [2.24, 2.45) is 0 Å². The monoisotopic (exact) mass is 304 g/mol. The van der Waals surface area contributed by atoms with Crippen molar-refractivity contribution in [2.45, 2.75) is 19.8 Å². The highest BCUT2D eigenvalue weighted by Gasteiger charge is 2.10. The topological polar surface area (TPSA) is 41.1 Å². The van der Waals surface area contributed by atoms with Gasteiger partial charge in [-0.25, -0.2) is 14.2 Å². The molecule has 2 N–H and O–H groups in total. The fourth-order valence-corrected chi connectivity index (χ4v) is 2.01. The summed E-state index contributed by atoms with van der Waals surface area (Å²) >= 11 is 0. The predicted molar refractivity (Wildman–Crippen MR) is 82.2 cm³/mol. The third-order valence-electron chi connectivity index (χ3n) is 3.27. The van der Waals surface area contributed by atoms with E-state index in [4.69, 9.17) is 0 Å². The normalized spacial score (nSPS) is 10.5. The second-order valence-corrected chi connectivity index (χ2v) is 4.91. The third-order valence-corrected chi connectivity index (χ3v) is 3.27. The first-order valence-corrected chi connectivity index (χ1v) is 7.21. The molecule has 0 unspecified atom stereocenters. The van der Waals surface area contributed by atoms with Gasteiger partial charge in [0.05, 0.1) is 0 Å². The maximum Gasteiger partial charge on any atom is 0.265 e. The molecule has 0 aliphatic carbocycles. The molecule has 0 aliphatic heterocycles. The number of unbranched alkanes of at least 4 members (excludes halogenated alkanes) is 1. The van der Waals surface area contributed by atoms with E-state index >= 15 is 0 Å². The van der Waals surface area contributed by atoms with Gasteiger partial charge in [0.1, 0.15) is 0 Å². The van der Waals surface area contributed by atoms with Crippen LogP contribution in [-0.2, 0) is 0 Å². The molecule has 2 aromatic carbocycles. The summed E-state index contributed by atoms with van der Waals surface area (Å²) in [7, 11) is 0. The highest BCUT2D eigenvalue weighted by atomic mass is 19.2. The lowest BCUT2D eigenvalue weighted by molar-refractivity contribution is 0.0933. The Kier molecular flexibility index (Phi) is 5.61. The highest BCUT2D eigenvalue weighted by molar-refractivity contribution is 5.94. The van der Waals surface area contributed by atoms with Crippen molar-refractivity contribution in [3.05, 3.63) is 59.7 Å². The lowest BCUT2D eigenvalue weighted by atomic mass is 10.0. The van der Waals surface area contributed by atoms with Gasteiger partial charge in [-0.1, -0.05) is 37.6 Å². The van der Waals surface area contributed by atoms with Gasteiger partial charge in [0.2, 0.25) is 0 Å². The van der Waals surface area contributed by atoms with Crippen molar-refractivity contribution in [1.29, 1.82) is 0 Å². The molecule has 116 valence electrons. The van der Waals surface area contributed by atoms with Crippen LogP contribution in [0.25, 0.3) is 11.1 Å². The van der Waals surface area contributed by atoms with Crippen LogP contribution < -0.4 is 10.9 Å². The first-order valence-electron chi connectivity index (χ1n) is 7.21. The van der Waals surface area contributed by atoms with Crippen LogP contribution >= 0.6 is 0 Å². The molecule has 5 heteroatoms. The lowest BCUT2D eigenvalue weighted by Gasteiger charge is -2.08. The van der Waals surface area contributed by atoms with E-state index in [-0.39, 0.29) is 11.5 Å². The van der Waals surface area contributed by atoms with Gasteiger partial charge in [-0.2, -0.15) is 0 Å². The zero-order valence-corrected chi connectivity index (χ0v) is 12.3. The molecule has 0 saturated heterocycles. The summed E-state index contributed by atoms with van der Waals surface area (Å²) < 4.78 is 26.9. The summed E-state index contributed by atoms with van der Waals surface area (Å²) in [5.74, 6) is -2.04. The summed E-state index contributed by atoms with van der Waals surface area (Å²) in [4.78, 5) is 11.9. The van der Waals surface area contributed by atoms with Gasteiger partial charge in [0.15, 0.2) is 11.6 Å². The molecule has 3 nitrogen and oxygen atoms in total. The Bertz CT molecular complexity index is 642. The molecule has 1 amide bonds. The van der Waals surface area contributed by atoms with Crippen LogP contribution in [0.5, 0.6) is 0 Å². The Morgan fingerprint density at radius 1 is 1.09 bits per heavy atom. The number of amides is 1. The predicted octanol–water partition coefficient (Wildman–Crippen LogP) is 3.67. The first-order chi connectivity index (χ1) is 10.6. The van der Waals surface area contributed by atoms with Crippen LogP contribution in [0.3, 0.4) is 0 Å². The molecular formula is C17H18F2N2O. The average molecular weight is 304 g/mol. The summed E-state index contributed by atoms with van der Waals surface area (Å²) in [5.41, 5.74) is 6.57. The first kappa shape index (κ1) is 16.1. The second kappa shape index (κ2) is 7.66. The smallest absolute Gasteiger partial charge is 0.265 e. The third kappa shape index (κ3) is 3.89. The molecular weight excluding hydrogens is 286 g/mol.